The molecule has 0 fully saturated rings. The zero-order chi connectivity index (χ0) is 24.6. The van der Waals surface area contributed by atoms with Gasteiger partial charge in [0.15, 0.2) is 0 Å². The molecule has 3 atom stereocenters. The number of aliphatic hydroxyl groups is 1. The molecule has 1 rings (SSSR count). The molecule has 0 saturated heterocycles. The number of benzene rings is 1. The van der Waals surface area contributed by atoms with E-state index in [0.717, 1.165) is 0 Å². The number of nitrogens with one attached hydrogen (secondary N) is 2. The van der Waals surface area contributed by atoms with Crippen LogP contribution in [-0.2, 0) is 14.3 Å². The van der Waals surface area contributed by atoms with Gasteiger partial charge >= 0.3 is 6.09 Å². The zero-order valence-electron chi connectivity index (χ0n) is 20.0. The van der Waals surface area contributed by atoms with E-state index in [0.29, 0.717) is 6.42 Å². The number of hydrogen-bond donors (Lipinski definition) is 4. The maximum Gasteiger partial charge on any atom is 0.408 e. The number of ether oxygens (including phenoxy) is 1. The number of carbonyl (C=O) groups excluding carboxylic acids is 3. The molecule has 3 unspecified atom stereocenters. The summed E-state index contributed by atoms with van der Waals surface area (Å²) in [4.78, 5) is 40.3. The molecule has 4 N–H and O–H groups in total. The molecule has 1 aromatic carbocycles. The fourth-order valence-electron chi connectivity index (χ4n) is 3.11. The first-order chi connectivity index (χ1) is 14.8. The lowest BCUT2D eigenvalue weighted by Gasteiger charge is -2.38. The normalized spacial score (nSPS) is 14.3. The molecule has 0 aliphatic heterocycles. The van der Waals surface area contributed by atoms with Gasteiger partial charge in [-0.15, -0.1) is 0 Å². The van der Waals surface area contributed by atoms with Crippen molar-refractivity contribution in [3.8, 4) is 5.75 Å². The number of phenolic OH excluding ortho intramolecular Hbond substituents is 1. The van der Waals surface area contributed by atoms with Gasteiger partial charge in [0.05, 0.1) is 6.61 Å². The van der Waals surface area contributed by atoms with Gasteiger partial charge in [-0.05, 0) is 54.0 Å². The van der Waals surface area contributed by atoms with Gasteiger partial charge in [-0.25, -0.2) is 4.79 Å². The Hall–Kier alpha value is -2.81. The number of carbonyl (C=O) groups is 3. The fourth-order valence-corrected chi connectivity index (χ4v) is 3.11. The summed E-state index contributed by atoms with van der Waals surface area (Å²) in [5.74, 6) is -1.29. The Bertz CT molecular complexity index is 790. The summed E-state index contributed by atoms with van der Waals surface area (Å²) in [6.07, 6.45) is -0.366. The van der Waals surface area contributed by atoms with Gasteiger partial charge < -0.3 is 30.5 Å². The second kappa shape index (κ2) is 11.7. The van der Waals surface area contributed by atoms with Crippen LogP contribution in [0.3, 0.4) is 0 Å². The number of aromatic hydroxyl groups is 1. The van der Waals surface area contributed by atoms with Crippen LogP contribution in [0.4, 0.5) is 4.79 Å². The molecule has 0 aromatic heterocycles. The minimum Gasteiger partial charge on any atom is -0.508 e. The number of hydrogen-bond acceptors (Lipinski definition) is 6. The second-order valence-electron chi connectivity index (χ2n) is 9.01. The van der Waals surface area contributed by atoms with Crippen molar-refractivity contribution in [2.75, 3.05) is 6.61 Å². The number of nitrogens with zero attached hydrogens (tertiary/aromatic N) is 1. The van der Waals surface area contributed by atoms with E-state index < -0.39 is 48.2 Å². The lowest BCUT2D eigenvalue weighted by molar-refractivity contribution is -0.146. The minimum absolute atomic E-state index is 0.141. The van der Waals surface area contributed by atoms with Crippen molar-refractivity contribution in [3.63, 3.8) is 0 Å². The molecule has 1 aromatic rings. The molecule has 0 radical (unpaired) electrons. The highest BCUT2D eigenvalue weighted by molar-refractivity contribution is 5.92. The average Bonchev–Trinajstić information content (AvgIpc) is 2.68. The highest BCUT2D eigenvalue weighted by atomic mass is 16.6. The van der Waals surface area contributed by atoms with E-state index in [9.17, 15) is 24.6 Å². The number of aliphatic hydroxyl groups excluding tert-OH is 1. The van der Waals surface area contributed by atoms with E-state index in [-0.39, 0.29) is 17.4 Å². The summed E-state index contributed by atoms with van der Waals surface area (Å²) < 4.78 is 5.20. The van der Waals surface area contributed by atoms with Gasteiger partial charge in [0.2, 0.25) is 11.8 Å². The summed E-state index contributed by atoms with van der Waals surface area (Å²) in [5, 5.41) is 25.5. The molecule has 32 heavy (non-hydrogen) atoms. The van der Waals surface area contributed by atoms with E-state index in [4.69, 9.17) is 4.74 Å². The third-order valence-electron chi connectivity index (χ3n) is 4.68. The van der Waals surface area contributed by atoms with Crippen LogP contribution in [0.25, 0.3) is 0 Å². The minimum atomic E-state index is -1.33. The molecule has 180 valence electrons. The molecule has 9 heteroatoms. The van der Waals surface area contributed by atoms with E-state index in [2.05, 4.69) is 10.6 Å². The number of phenols is 1. The van der Waals surface area contributed by atoms with Crippen molar-refractivity contribution < 1.29 is 29.3 Å². The Balaban J connectivity index is 3.43. The third kappa shape index (κ3) is 7.71. The van der Waals surface area contributed by atoms with Crippen LogP contribution in [-0.4, -0.2) is 63.4 Å². The molecule has 9 nitrogen and oxygen atoms in total. The van der Waals surface area contributed by atoms with Crippen LogP contribution < -0.4 is 10.6 Å². The first kappa shape index (κ1) is 27.2. The second-order valence-corrected chi connectivity index (χ2v) is 9.01. The molecular weight excluding hydrogens is 414 g/mol. The predicted octanol–water partition coefficient (Wildman–Crippen LogP) is 2.47. The predicted molar refractivity (Wildman–Crippen MR) is 121 cm³/mol. The molecule has 0 spiro atoms. The van der Waals surface area contributed by atoms with Crippen molar-refractivity contribution >= 4 is 17.9 Å². The van der Waals surface area contributed by atoms with Crippen molar-refractivity contribution in [2.45, 2.75) is 84.7 Å². The van der Waals surface area contributed by atoms with Gasteiger partial charge in [-0.3, -0.25) is 9.59 Å². The van der Waals surface area contributed by atoms with E-state index >= 15 is 0 Å². The van der Waals surface area contributed by atoms with Crippen LogP contribution in [0.15, 0.2) is 24.3 Å². The fraction of sp³-hybridized carbons (Fsp3) is 0.609. The van der Waals surface area contributed by atoms with Crippen LogP contribution in [0.5, 0.6) is 5.75 Å². The van der Waals surface area contributed by atoms with Gasteiger partial charge in [0.1, 0.15) is 23.4 Å². The molecule has 0 heterocycles. The summed E-state index contributed by atoms with van der Waals surface area (Å²) in [5.41, 5.74) is -0.549. The van der Waals surface area contributed by atoms with E-state index in [1.54, 1.807) is 59.7 Å². The first-order valence-corrected chi connectivity index (χ1v) is 10.8. The van der Waals surface area contributed by atoms with Gasteiger partial charge in [0.25, 0.3) is 0 Å². The highest BCUT2D eigenvalue weighted by Gasteiger charge is 2.39. The quantitative estimate of drug-likeness (QED) is 0.457. The topological polar surface area (TPSA) is 128 Å². The average molecular weight is 452 g/mol. The van der Waals surface area contributed by atoms with Crippen LogP contribution in [0.2, 0.25) is 0 Å². The zero-order valence-corrected chi connectivity index (χ0v) is 20.0. The van der Waals surface area contributed by atoms with Crippen molar-refractivity contribution in [1.82, 2.24) is 15.5 Å². The molecule has 0 bridgehead atoms. The van der Waals surface area contributed by atoms with E-state index in [1.165, 1.54) is 11.0 Å². The van der Waals surface area contributed by atoms with Crippen LogP contribution >= 0.6 is 0 Å². The summed E-state index contributed by atoms with van der Waals surface area (Å²) in [6, 6.07) is 3.12. The Morgan fingerprint density at radius 1 is 1.09 bits per heavy atom. The first-order valence-electron chi connectivity index (χ1n) is 10.8. The molecule has 0 aliphatic rings. The van der Waals surface area contributed by atoms with Crippen molar-refractivity contribution in [3.05, 3.63) is 29.8 Å². The number of amides is 3. The molecule has 3 amide bonds. The highest BCUT2D eigenvalue weighted by Crippen LogP contribution is 2.31. The Labute approximate surface area is 190 Å². The number of para-hydroxylation sites is 1. The summed E-state index contributed by atoms with van der Waals surface area (Å²) in [7, 11) is 0. The standard InChI is InChI=1S/C23H37N3O6/c1-8-15(4)26(21(30)17(13-27)25-22(31)32-23(5,6)7)19(20(29)24-14(2)3)16-11-9-10-12-18(16)28/h9-12,14-15,17,19,27-28H,8,13H2,1-7H3,(H,24,29)(H,25,31). The Kier molecular flexibility index (Phi) is 9.96. The SMILES string of the molecule is CCC(C)N(C(=O)C(CO)NC(=O)OC(C)(C)C)C(C(=O)NC(C)C)c1ccccc1O. The molecule has 0 aliphatic carbocycles. The molecule has 0 saturated carbocycles. The van der Waals surface area contributed by atoms with Crippen LogP contribution in [0, 0.1) is 0 Å². The smallest absolute Gasteiger partial charge is 0.408 e. The lowest BCUT2D eigenvalue weighted by Crippen LogP contribution is -2.57. The van der Waals surface area contributed by atoms with Gasteiger partial charge in [-0.2, -0.15) is 0 Å². The summed E-state index contributed by atoms with van der Waals surface area (Å²) in [6.45, 7) is 11.5. The van der Waals surface area contributed by atoms with Crippen LogP contribution in [0.1, 0.15) is 66.5 Å². The number of alkyl carbamates (subject to hydrolysis) is 1. The maximum atomic E-state index is 13.5. The molecular formula is C23H37N3O6. The van der Waals surface area contributed by atoms with Crippen molar-refractivity contribution in [2.24, 2.45) is 0 Å². The monoisotopic (exact) mass is 451 g/mol. The maximum absolute atomic E-state index is 13.5. The summed E-state index contributed by atoms with van der Waals surface area (Å²) >= 11 is 0. The Morgan fingerprint density at radius 3 is 2.16 bits per heavy atom. The number of rotatable bonds is 9. The third-order valence-corrected chi connectivity index (χ3v) is 4.68. The largest absolute Gasteiger partial charge is 0.508 e. The van der Waals surface area contributed by atoms with Crippen molar-refractivity contribution in [1.29, 1.82) is 0 Å². The Morgan fingerprint density at radius 2 is 1.69 bits per heavy atom. The van der Waals surface area contributed by atoms with Gasteiger partial charge in [0, 0.05) is 17.6 Å². The lowest BCUT2D eigenvalue weighted by atomic mass is 9.99. The van der Waals surface area contributed by atoms with Gasteiger partial charge in [-0.1, -0.05) is 25.1 Å². The van der Waals surface area contributed by atoms with E-state index in [1.807, 2.05) is 6.92 Å².